The Hall–Kier alpha value is -2.11. The summed E-state index contributed by atoms with van der Waals surface area (Å²) in [6.45, 7) is 2.47. The molecule has 1 aromatic rings. The molecular formula is C14H18N2O4. The molecular weight excluding hydrogens is 260 g/mol. The highest BCUT2D eigenvalue weighted by molar-refractivity contribution is 5.86. The van der Waals surface area contributed by atoms with Crippen LogP contribution in [0.2, 0.25) is 0 Å². The molecule has 6 nitrogen and oxygen atoms in total. The molecule has 6 heteroatoms. The molecule has 0 saturated carbocycles. The van der Waals surface area contributed by atoms with Gasteiger partial charge in [-0.2, -0.15) is 0 Å². The van der Waals surface area contributed by atoms with E-state index in [2.05, 4.69) is 0 Å². The van der Waals surface area contributed by atoms with Crippen molar-refractivity contribution < 1.29 is 14.8 Å². The number of nitro groups is 1. The number of carboxylic acid groups (broad SMARTS) is 1. The second kappa shape index (κ2) is 5.48. The number of rotatable bonds is 5. The molecule has 0 spiro atoms. The zero-order valence-electron chi connectivity index (χ0n) is 11.4. The van der Waals surface area contributed by atoms with Crippen molar-refractivity contribution >= 4 is 17.3 Å². The van der Waals surface area contributed by atoms with E-state index < -0.39 is 16.4 Å². The van der Waals surface area contributed by atoms with Gasteiger partial charge in [-0.1, -0.05) is 25.5 Å². The fraction of sp³-hybridized carbons (Fsp3) is 0.500. The Morgan fingerprint density at radius 3 is 2.80 bits per heavy atom. The standard InChI is InChI=1S/C14H18N2O4/c1-2-8-14(13(17)18)9-5-10-15(14)11-6-3-4-7-12(11)16(19)20/h3-4,6-7H,2,5,8-10H2,1H3,(H,17,18). The van der Waals surface area contributed by atoms with Gasteiger partial charge in [-0.25, -0.2) is 4.79 Å². The molecule has 1 N–H and O–H groups in total. The number of hydrogen-bond acceptors (Lipinski definition) is 4. The van der Waals surface area contributed by atoms with Crippen LogP contribution in [-0.2, 0) is 4.79 Å². The summed E-state index contributed by atoms with van der Waals surface area (Å²) < 4.78 is 0. The first kappa shape index (κ1) is 14.3. The fourth-order valence-corrected chi connectivity index (χ4v) is 3.08. The summed E-state index contributed by atoms with van der Waals surface area (Å²) in [4.78, 5) is 24.2. The van der Waals surface area contributed by atoms with Crippen LogP contribution in [0.3, 0.4) is 0 Å². The molecule has 20 heavy (non-hydrogen) atoms. The highest BCUT2D eigenvalue weighted by Crippen LogP contribution is 2.41. The first-order chi connectivity index (χ1) is 9.53. The molecule has 1 fully saturated rings. The predicted octanol–water partition coefficient (Wildman–Crippen LogP) is 2.82. The van der Waals surface area contributed by atoms with Gasteiger partial charge in [-0.15, -0.1) is 0 Å². The van der Waals surface area contributed by atoms with Crippen LogP contribution in [0.25, 0.3) is 0 Å². The second-order valence-electron chi connectivity index (χ2n) is 5.09. The minimum atomic E-state index is -1.01. The maximum absolute atomic E-state index is 11.8. The number of nitro benzene ring substituents is 1. The molecule has 1 aliphatic heterocycles. The predicted molar refractivity (Wildman–Crippen MR) is 75.0 cm³/mol. The van der Waals surface area contributed by atoms with Gasteiger partial charge in [0.25, 0.3) is 5.69 Å². The number of aliphatic carboxylic acids is 1. The molecule has 1 saturated heterocycles. The maximum Gasteiger partial charge on any atom is 0.329 e. The van der Waals surface area contributed by atoms with Crippen LogP contribution in [0.1, 0.15) is 32.6 Å². The molecule has 2 rings (SSSR count). The van der Waals surface area contributed by atoms with Crippen molar-refractivity contribution in [2.75, 3.05) is 11.4 Å². The fourth-order valence-electron chi connectivity index (χ4n) is 3.08. The van der Waals surface area contributed by atoms with E-state index in [9.17, 15) is 20.0 Å². The number of anilines is 1. The lowest BCUT2D eigenvalue weighted by atomic mass is 9.90. The molecule has 1 aromatic carbocycles. The van der Waals surface area contributed by atoms with Crippen molar-refractivity contribution in [1.29, 1.82) is 0 Å². The van der Waals surface area contributed by atoms with E-state index in [0.717, 1.165) is 12.8 Å². The number of hydrogen-bond donors (Lipinski definition) is 1. The van der Waals surface area contributed by atoms with Crippen LogP contribution in [0.15, 0.2) is 24.3 Å². The molecule has 0 aromatic heterocycles. The number of para-hydroxylation sites is 2. The summed E-state index contributed by atoms with van der Waals surface area (Å²) in [5.41, 5.74) is -0.636. The molecule has 1 heterocycles. The van der Waals surface area contributed by atoms with Gasteiger partial charge in [0.15, 0.2) is 0 Å². The van der Waals surface area contributed by atoms with E-state index >= 15 is 0 Å². The van der Waals surface area contributed by atoms with Gasteiger partial charge >= 0.3 is 5.97 Å². The van der Waals surface area contributed by atoms with Gasteiger partial charge in [0.2, 0.25) is 0 Å². The van der Waals surface area contributed by atoms with E-state index in [1.54, 1.807) is 23.1 Å². The van der Waals surface area contributed by atoms with E-state index in [1.807, 2.05) is 6.92 Å². The summed E-state index contributed by atoms with van der Waals surface area (Å²) >= 11 is 0. The Balaban J connectivity index is 2.50. The smallest absolute Gasteiger partial charge is 0.329 e. The Morgan fingerprint density at radius 1 is 1.50 bits per heavy atom. The van der Waals surface area contributed by atoms with Gasteiger partial charge in [-0.3, -0.25) is 10.1 Å². The van der Waals surface area contributed by atoms with Crippen LogP contribution in [0.5, 0.6) is 0 Å². The summed E-state index contributed by atoms with van der Waals surface area (Å²) in [5, 5.41) is 20.8. The van der Waals surface area contributed by atoms with Crippen LogP contribution in [-0.4, -0.2) is 28.1 Å². The van der Waals surface area contributed by atoms with Gasteiger partial charge in [0.05, 0.1) is 4.92 Å². The first-order valence-corrected chi connectivity index (χ1v) is 6.77. The van der Waals surface area contributed by atoms with Gasteiger partial charge < -0.3 is 10.0 Å². The molecule has 0 aliphatic carbocycles. The first-order valence-electron chi connectivity index (χ1n) is 6.77. The van der Waals surface area contributed by atoms with Crippen molar-refractivity contribution in [3.8, 4) is 0 Å². The molecule has 0 bridgehead atoms. The Bertz CT molecular complexity index is 532. The zero-order chi connectivity index (χ0) is 14.8. The van der Waals surface area contributed by atoms with E-state index in [0.29, 0.717) is 25.1 Å². The third-order valence-corrected chi connectivity index (χ3v) is 3.92. The maximum atomic E-state index is 11.8. The van der Waals surface area contributed by atoms with Crippen LogP contribution >= 0.6 is 0 Å². The lowest BCUT2D eigenvalue weighted by molar-refractivity contribution is -0.384. The van der Waals surface area contributed by atoms with Crippen molar-refractivity contribution in [2.45, 2.75) is 38.1 Å². The Morgan fingerprint density at radius 2 is 2.20 bits per heavy atom. The van der Waals surface area contributed by atoms with Crippen LogP contribution < -0.4 is 4.90 Å². The second-order valence-corrected chi connectivity index (χ2v) is 5.09. The molecule has 1 atom stereocenters. The minimum Gasteiger partial charge on any atom is -0.479 e. The summed E-state index contributed by atoms with van der Waals surface area (Å²) in [6, 6.07) is 6.36. The van der Waals surface area contributed by atoms with E-state index in [1.165, 1.54) is 6.07 Å². The zero-order valence-corrected chi connectivity index (χ0v) is 11.4. The molecule has 1 unspecified atom stereocenters. The largest absolute Gasteiger partial charge is 0.479 e. The molecule has 0 amide bonds. The number of carbonyl (C=O) groups is 1. The van der Waals surface area contributed by atoms with Crippen molar-refractivity contribution in [2.24, 2.45) is 0 Å². The lowest BCUT2D eigenvalue weighted by Gasteiger charge is -2.36. The highest BCUT2D eigenvalue weighted by atomic mass is 16.6. The van der Waals surface area contributed by atoms with Gasteiger partial charge in [0, 0.05) is 12.6 Å². The van der Waals surface area contributed by atoms with Crippen LogP contribution in [0.4, 0.5) is 11.4 Å². The third-order valence-electron chi connectivity index (χ3n) is 3.92. The third kappa shape index (κ3) is 2.21. The van der Waals surface area contributed by atoms with Gasteiger partial charge in [0.1, 0.15) is 11.2 Å². The molecule has 0 radical (unpaired) electrons. The monoisotopic (exact) mass is 278 g/mol. The SMILES string of the molecule is CCCC1(C(=O)O)CCCN1c1ccccc1[N+](=O)[O-]. The number of nitrogens with zero attached hydrogens (tertiary/aromatic N) is 2. The van der Waals surface area contributed by atoms with Crippen LogP contribution in [0, 0.1) is 10.1 Å². The average Bonchev–Trinajstić information content (AvgIpc) is 2.84. The number of benzene rings is 1. The normalized spacial score (nSPS) is 21.9. The van der Waals surface area contributed by atoms with E-state index in [-0.39, 0.29) is 5.69 Å². The summed E-state index contributed by atoms with van der Waals surface area (Å²) in [6.07, 6.45) is 2.48. The number of carboxylic acids is 1. The highest BCUT2D eigenvalue weighted by Gasteiger charge is 2.48. The molecule has 108 valence electrons. The Labute approximate surface area is 117 Å². The summed E-state index contributed by atoms with van der Waals surface area (Å²) in [5.74, 6) is -0.894. The lowest BCUT2D eigenvalue weighted by Crippen LogP contribution is -2.50. The molecule has 1 aliphatic rings. The van der Waals surface area contributed by atoms with Crippen molar-refractivity contribution in [1.82, 2.24) is 0 Å². The Kier molecular flexibility index (Phi) is 3.92. The van der Waals surface area contributed by atoms with Crippen molar-refractivity contribution in [3.63, 3.8) is 0 Å². The van der Waals surface area contributed by atoms with Crippen molar-refractivity contribution in [3.05, 3.63) is 34.4 Å². The van der Waals surface area contributed by atoms with Gasteiger partial charge in [-0.05, 0) is 25.3 Å². The van der Waals surface area contributed by atoms with E-state index in [4.69, 9.17) is 0 Å². The summed E-state index contributed by atoms with van der Waals surface area (Å²) in [7, 11) is 0. The quantitative estimate of drug-likeness (QED) is 0.661. The minimum absolute atomic E-state index is 0.0314. The average molecular weight is 278 g/mol. The topological polar surface area (TPSA) is 83.7 Å².